The Labute approximate surface area is 101 Å². The van der Waals surface area contributed by atoms with Gasteiger partial charge in [0.25, 0.3) is 0 Å². The van der Waals surface area contributed by atoms with Crippen molar-refractivity contribution >= 4 is 5.78 Å². The van der Waals surface area contributed by atoms with E-state index < -0.39 is 5.41 Å². The number of hydrogen-bond donors (Lipinski definition) is 1. The van der Waals surface area contributed by atoms with Crippen molar-refractivity contribution in [3.8, 4) is 0 Å². The quantitative estimate of drug-likeness (QED) is 0.798. The topological polar surface area (TPSA) is 29.1 Å². The SMILES string of the molecule is Cc1ccc(F)cc1C(=O)C1(C)CCCNC1. The molecule has 0 aromatic heterocycles. The van der Waals surface area contributed by atoms with Crippen LogP contribution in [0, 0.1) is 18.2 Å². The number of Topliss-reactive ketones (excluding diaryl/α,β-unsaturated/α-hetero) is 1. The number of aryl methyl sites for hydroxylation is 1. The standard InChI is InChI=1S/C14H18FNO/c1-10-4-5-11(15)8-12(10)13(17)14(2)6-3-7-16-9-14/h4-5,8,16H,3,6-7,9H2,1-2H3. The zero-order valence-corrected chi connectivity index (χ0v) is 10.3. The van der Waals surface area contributed by atoms with Crippen LogP contribution in [0.25, 0.3) is 0 Å². The molecule has 1 saturated heterocycles. The molecule has 0 bridgehead atoms. The van der Waals surface area contributed by atoms with Crippen LogP contribution in [0.4, 0.5) is 4.39 Å². The van der Waals surface area contributed by atoms with Gasteiger partial charge in [-0.05, 0) is 44.0 Å². The molecule has 1 unspecified atom stereocenters. The number of ketones is 1. The molecule has 1 aliphatic heterocycles. The zero-order valence-electron chi connectivity index (χ0n) is 10.3. The third kappa shape index (κ3) is 2.39. The van der Waals surface area contributed by atoms with E-state index >= 15 is 0 Å². The molecule has 92 valence electrons. The number of halogens is 1. The molecule has 1 N–H and O–H groups in total. The summed E-state index contributed by atoms with van der Waals surface area (Å²) in [6.07, 6.45) is 1.87. The summed E-state index contributed by atoms with van der Waals surface area (Å²) < 4.78 is 13.2. The van der Waals surface area contributed by atoms with Crippen molar-refractivity contribution < 1.29 is 9.18 Å². The summed E-state index contributed by atoms with van der Waals surface area (Å²) in [4.78, 5) is 12.5. The Hall–Kier alpha value is -1.22. The number of benzene rings is 1. The maximum Gasteiger partial charge on any atom is 0.170 e. The van der Waals surface area contributed by atoms with Crippen molar-refractivity contribution in [2.45, 2.75) is 26.7 Å². The Kier molecular flexibility index (Phi) is 3.29. The second kappa shape index (κ2) is 4.57. The fourth-order valence-corrected chi connectivity index (χ4v) is 2.41. The molecular formula is C14H18FNO. The Morgan fingerprint density at radius 1 is 1.47 bits per heavy atom. The van der Waals surface area contributed by atoms with Crippen molar-refractivity contribution in [2.75, 3.05) is 13.1 Å². The van der Waals surface area contributed by atoms with Crippen LogP contribution < -0.4 is 5.32 Å². The average Bonchev–Trinajstić information content (AvgIpc) is 2.32. The van der Waals surface area contributed by atoms with Crippen molar-refractivity contribution in [1.29, 1.82) is 0 Å². The van der Waals surface area contributed by atoms with E-state index in [2.05, 4.69) is 5.32 Å². The fraction of sp³-hybridized carbons (Fsp3) is 0.500. The third-order valence-electron chi connectivity index (χ3n) is 3.59. The number of rotatable bonds is 2. The van der Waals surface area contributed by atoms with Gasteiger partial charge >= 0.3 is 0 Å². The maximum atomic E-state index is 13.2. The molecule has 1 atom stereocenters. The summed E-state index contributed by atoms with van der Waals surface area (Å²) in [7, 11) is 0. The number of piperidine rings is 1. The number of carbonyl (C=O) groups is 1. The van der Waals surface area contributed by atoms with E-state index in [1.807, 2.05) is 13.8 Å². The number of carbonyl (C=O) groups excluding carboxylic acids is 1. The minimum atomic E-state index is -0.392. The predicted octanol–water partition coefficient (Wildman–Crippen LogP) is 2.71. The number of nitrogens with one attached hydrogen (secondary N) is 1. The van der Waals surface area contributed by atoms with Crippen LogP contribution in [0.2, 0.25) is 0 Å². The highest BCUT2D eigenvalue weighted by molar-refractivity contribution is 6.01. The van der Waals surface area contributed by atoms with Crippen molar-refractivity contribution in [2.24, 2.45) is 5.41 Å². The van der Waals surface area contributed by atoms with E-state index in [9.17, 15) is 9.18 Å². The van der Waals surface area contributed by atoms with Crippen molar-refractivity contribution in [3.05, 3.63) is 35.1 Å². The van der Waals surface area contributed by atoms with Crippen LogP contribution in [0.3, 0.4) is 0 Å². The first-order valence-electron chi connectivity index (χ1n) is 6.05. The van der Waals surface area contributed by atoms with Crippen LogP contribution in [0.1, 0.15) is 35.7 Å². The first-order chi connectivity index (χ1) is 8.03. The molecule has 0 amide bonds. The molecule has 0 spiro atoms. The average molecular weight is 235 g/mol. The summed E-state index contributed by atoms with van der Waals surface area (Å²) in [6, 6.07) is 4.42. The van der Waals surface area contributed by atoms with Gasteiger partial charge in [-0.2, -0.15) is 0 Å². The Morgan fingerprint density at radius 3 is 2.88 bits per heavy atom. The molecule has 1 heterocycles. The summed E-state index contributed by atoms with van der Waals surface area (Å²) in [6.45, 7) is 5.46. The van der Waals surface area contributed by atoms with Gasteiger partial charge in [-0.3, -0.25) is 4.79 Å². The van der Waals surface area contributed by atoms with Crippen LogP contribution in [0.5, 0.6) is 0 Å². The van der Waals surface area contributed by atoms with Gasteiger partial charge < -0.3 is 5.32 Å². The van der Waals surface area contributed by atoms with Gasteiger partial charge in [-0.15, -0.1) is 0 Å². The summed E-state index contributed by atoms with van der Waals surface area (Å²) in [5, 5.41) is 3.25. The molecule has 0 radical (unpaired) electrons. The summed E-state index contributed by atoms with van der Waals surface area (Å²) >= 11 is 0. The highest BCUT2D eigenvalue weighted by Crippen LogP contribution is 2.31. The zero-order chi connectivity index (χ0) is 12.5. The second-order valence-electron chi connectivity index (χ2n) is 5.13. The molecule has 0 saturated carbocycles. The number of hydrogen-bond acceptors (Lipinski definition) is 2. The molecule has 1 fully saturated rings. The van der Waals surface area contributed by atoms with E-state index in [0.29, 0.717) is 12.1 Å². The van der Waals surface area contributed by atoms with Crippen molar-refractivity contribution in [1.82, 2.24) is 5.32 Å². The van der Waals surface area contributed by atoms with E-state index in [0.717, 1.165) is 24.9 Å². The van der Waals surface area contributed by atoms with E-state index in [4.69, 9.17) is 0 Å². The van der Waals surface area contributed by atoms with Crippen LogP contribution in [-0.2, 0) is 0 Å². The predicted molar refractivity (Wildman–Crippen MR) is 65.7 cm³/mol. The first kappa shape index (κ1) is 12.2. The van der Waals surface area contributed by atoms with Crippen molar-refractivity contribution in [3.63, 3.8) is 0 Å². The minimum absolute atomic E-state index is 0.0571. The second-order valence-corrected chi connectivity index (χ2v) is 5.13. The van der Waals surface area contributed by atoms with Gasteiger partial charge in [0.2, 0.25) is 0 Å². The lowest BCUT2D eigenvalue weighted by Gasteiger charge is -2.33. The normalized spacial score (nSPS) is 24.6. The lowest BCUT2D eigenvalue weighted by atomic mass is 9.76. The summed E-state index contributed by atoms with van der Waals surface area (Å²) in [5.74, 6) is -0.284. The Morgan fingerprint density at radius 2 is 2.24 bits per heavy atom. The lowest BCUT2D eigenvalue weighted by molar-refractivity contribution is 0.0772. The molecule has 2 rings (SSSR count). The lowest BCUT2D eigenvalue weighted by Crippen LogP contribution is -2.43. The molecule has 1 aliphatic rings. The minimum Gasteiger partial charge on any atom is -0.316 e. The Balaban J connectivity index is 2.32. The highest BCUT2D eigenvalue weighted by Gasteiger charge is 2.35. The van der Waals surface area contributed by atoms with Crippen LogP contribution in [-0.4, -0.2) is 18.9 Å². The molecule has 1 aromatic rings. The van der Waals surface area contributed by atoms with Crippen LogP contribution in [0.15, 0.2) is 18.2 Å². The molecular weight excluding hydrogens is 217 g/mol. The van der Waals surface area contributed by atoms with Gasteiger partial charge in [0.05, 0.1) is 0 Å². The fourth-order valence-electron chi connectivity index (χ4n) is 2.41. The summed E-state index contributed by atoms with van der Waals surface area (Å²) in [5.41, 5.74) is 0.982. The third-order valence-corrected chi connectivity index (χ3v) is 3.59. The first-order valence-corrected chi connectivity index (χ1v) is 6.05. The highest BCUT2D eigenvalue weighted by atomic mass is 19.1. The molecule has 17 heavy (non-hydrogen) atoms. The van der Waals surface area contributed by atoms with Gasteiger partial charge in [0.15, 0.2) is 5.78 Å². The van der Waals surface area contributed by atoms with E-state index in [-0.39, 0.29) is 11.6 Å². The van der Waals surface area contributed by atoms with E-state index in [1.165, 1.54) is 12.1 Å². The van der Waals surface area contributed by atoms with Gasteiger partial charge in [-0.1, -0.05) is 13.0 Å². The maximum absolute atomic E-state index is 13.2. The largest absolute Gasteiger partial charge is 0.316 e. The van der Waals surface area contributed by atoms with Gasteiger partial charge in [0.1, 0.15) is 5.82 Å². The van der Waals surface area contributed by atoms with Gasteiger partial charge in [-0.25, -0.2) is 4.39 Å². The van der Waals surface area contributed by atoms with Crippen LogP contribution >= 0.6 is 0 Å². The molecule has 2 nitrogen and oxygen atoms in total. The smallest absolute Gasteiger partial charge is 0.170 e. The van der Waals surface area contributed by atoms with Gasteiger partial charge in [0, 0.05) is 17.5 Å². The molecule has 1 aromatic carbocycles. The Bertz CT molecular complexity index is 436. The molecule has 0 aliphatic carbocycles. The molecule has 3 heteroatoms. The monoisotopic (exact) mass is 235 g/mol. The van der Waals surface area contributed by atoms with E-state index in [1.54, 1.807) is 6.07 Å².